The number of aromatic nitrogens is 2. The molecule has 0 spiro atoms. The lowest BCUT2D eigenvalue weighted by molar-refractivity contribution is 0.0513. The molecule has 23 heavy (non-hydrogen) atoms. The summed E-state index contributed by atoms with van der Waals surface area (Å²) in [5.41, 5.74) is -0.0440. The smallest absolute Gasteiger partial charge is 0.356 e. The number of likely N-dealkylation sites (tertiary alicyclic amines) is 1. The maximum atomic E-state index is 12.7. The number of hydrogen-bond donors (Lipinski definition) is 1. The largest absolute Gasteiger partial charge is 0.476 e. The van der Waals surface area contributed by atoms with E-state index >= 15 is 0 Å². The van der Waals surface area contributed by atoms with E-state index in [9.17, 15) is 9.59 Å². The van der Waals surface area contributed by atoms with Gasteiger partial charge in [-0.25, -0.2) is 14.8 Å². The van der Waals surface area contributed by atoms with E-state index in [2.05, 4.69) is 16.9 Å². The number of nitrogens with zero attached hydrogens (tertiary/aromatic N) is 3. The standard InChI is InChI=1S/C16H17N3O4/c1-10-4-5-19(13(7-10)14-3-2-6-23-14)15(20)11-8-18-12(9-17-11)16(21)22/h2-3,6,8-10,13H,4-5,7H2,1H3,(H,21,22). The van der Waals surface area contributed by atoms with Gasteiger partial charge in [0.2, 0.25) is 0 Å². The van der Waals surface area contributed by atoms with Crippen molar-refractivity contribution < 1.29 is 19.1 Å². The maximum absolute atomic E-state index is 12.7. The average molecular weight is 315 g/mol. The van der Waals surface area contributed by atoms with Gasteiger partial charge < -0.3 is 14.4 Å². The van der Waals surface area contributed by atoms with Crippen LogP contribution >= 0.6 is 0 Å². The summed E-state index contributed by atoms with van der Waals surface area (Å²) < 4.78 is 5.48. The number of rotatable bonds is 3. The monoisotopic (exact) mass is 315 g/mol. The van der Waals surface area contributed by atoms with Gasteiger partial charge in [0.1, 0.15) is 11.5 Å². The molecule has 0 radical (unpaired) electrons. The van der Waals surface area contributed by atoms with Gasteiger partial charge in [0, 0.05) is 6.54 Å². The summed E-state index contributed by atoms with van der Waals surface area (Å²) in [4.78, 5) is 33.0. The van der Waals surface area contributed by atoms with Crippen LogP contribution in [0.2, 0.25) is 0 Å². The van der Waals surface area contributed by atoms with Crippen LogP contribution in [0, 0.1) is 5.92 Å². The van der Waals surface area contributed by atoms with Crippen molar-refractivity contribution in [2.45, 2.75) is 25.8 Å². The van der Waals surface area contributed by atoms with Crippen LogP contribution in [-0.4, -0.2) is 38.4 Å². The molecule has 3 rings (SSSR count). The van der Waals surface area contributed by atoms with Gasteiger partial charge in [-0.05, 0) is 30.9 Å². The third-order valence-corrected chi connectivity index (χ3v) is 4.09. The first kappa shape index (κ1) is 15.2. The Labute approximate surface area is 133 Å². The van der Waals surface area contributed by atoms with E-state index in [1.807, 2.05) is 6.07 Å². The SMILES string of the molecule is CC1CCN(C(=O)c2cnc(C(=O)O)cn2)C(c2ccco2)C1. The molecule has 7 nitrogen and oxygen atoms in total. The minimum absolute atomic E-state index is 0.137. The maximum Gasteiger partial charge on any atom is 0.356 e. The lowest BCUT2D eigenvalue weighted by Crippen LogP contribution is -2.41. The minimum atomic E-state index is -1.17. The highest BCUT2D eigenvalue weighted by Crippen LogP contribution is 2.34. The van der Waals surface area contributed by atoms with Gasteiger partial charge >= 0.3 is 5.97 Å². The number of piperidine rings is 1. The van der Waals surface area contributed by atoms with Gasteiger partial charge in [-0.3, -0.25) is 4.79 Å². The van der Waals surface area contributed by atoms with Gasteiger partial charge in [0.05, 0.1) is 24.7 Å². The molecule has 0 aliphatic carbocycles. The molecule has 0 saturated carbocycles. The molecule has 0 aromatic carbocycles. The molecule has 1 amide bonds. The molecule has 2 aromatic heterocycles. The molecule has 2 unspecified atom stereocenters. The third kappa shape index (κ3) is 3.08. The van der Waals surface area contributed by atoms with Crippen molar-refractivity contribution in [2.75, 3.05) is 6.54 Å². The molecule has 1 aliphatic rings. The van der Waals surface area contributed by atoms with Crippen LogP contribution in [0.15, 0.2) is 35.2 Å². The molecule has 1 saturated heterocycles. The van der Waals surface area contributed by atoms with Crippen LogP contribution in [0.25, 0.3) is 0 Å². The van der Waals surface area contributed by atoms with Gasteiger partial charge in [-0.1, -0.05) is 6.92 Å². The number of aromatic carboxylic acids is 1. The first-order chi connectivity index (χ1) is 11.1. The highest BCUT2D eigenvalue weighted by atomic mass is 16.4. The highest BCUT2D eigenvalue weighted by molar-refractivity contribution is 5.93. The van der Waals surface area contributed by atoms with E-state index < -0.39 is 5.97 Å². The summed E-state index contributed by atoms with van der Waals surface area (Å²) in [7, 11) is 0. The van der Waals surface area contributed by atoms with E-state index in [0.29, 0.717) is 12.5 Å². The van der Waals surface area contributed by atoms with E-state index in [-0.39, 0.29) is 23.3 Å². The van der Waals surface area contributed by atoms with Crippen molar-refractivity contribution in [3.05, 3.63) is 47.9 Å². The fourth-order valence-corrected chi connectivity index (χ4v) is 2.83. The van der Waals surface area contributed by atoms with E-state index in [1.165, 1.54) is 6.20 Å². The number of carboxylic acid groups (broad SMARTS) is 1. The van der Waals surface area contributed by atoms with Crippen LogP contribution < -0.4 is 0 Å². The number of carbonyl (C=O) groups excluding carboxylic acids is 1. The third-order valence-electron chi connectivity index (χ3n) is 4.09. The van der Waals surface area contributed by atoms with E-state index in [1.54, 1.807) is 17.2 Å². The summed E-state index contributed by atoms with van der Waals surface area (Å²) >= 11 is 0. The normalized spacial score (nSPS) is 21.2. The zero-order valence-electron chi connectivity index (χ0n) is 12.7. The Bertz CT molecular complexity index is 697. The van der Waals surface area contributed by atoms with Crippen LogP contribution in [0.1, 0.15) is 52.5 Å². The van der Waals surface area contributed by atoms with Gasteiger partial charge in [-0.15, -0.1) is 0 Å². The van der Waals surface area contributed by atoms with Gasteiger partial charge in [0.15, 0.2) is 5.69 Å². The summed E-state index contributed by atoms with van der Waals surface area (Å²) in [6.07, 6.45) is 5.63. The Hall–Kier alpha value is -2.70. The number of furan rings is 1. The molecular formula is C16H17N3O4. The van der Waals surface area contributed by atoms with Crippen LogP contribution in [0.5, 0.6) is 0 Å². The van der Waals surface area contributed by atoms with Crippen LogP contribution in [0.4, 0.5) is 0 Å². The van der Waals surface area contributed by atoms with Gasteiger partial charge in [0.25, 0.3) is 5.91 Å². The Morgan fingerprint density at radius 2 is 2.04 bits per heavy atom. The Kier molecular flexibility index (Phi) is 4.10. The zero-order valence-corrected chi connectivity index (χ0v) is 12.7. The lowest BCUT2D eigenvalue weighted by Gasteiger charge is -2.37. The molecule has 7 heteroatoms. The lowest BCUT2D eigenvalue weighted by atomic mass is 9.91. The molecule has 120 valence electrons. The van der Waals surface area contributed by atoms with Crippen molar-refractivity contribution >= 4 is 11.9 Å². The van der Waals surface area contributed by atoms with Crippen molar-refractivity contribution in [2.24, 2.45) is 5.92 Å². The molecule has 1 aliphatic heterocycles. The molecular weight excluding hydrogens is 298 g/mol. The summed E-state index contributed by atoms with van der Waals surface area (Å²) in [6.45, 7) is 2.76. The van der Waals surface area contributed by atoms with Crippen molar-refractivity contribution in [1.82, 2.24) is 14.9 Å². The minimum Gasteiger partial charge on any atom is -0.476 e. The van der Waals surface area contributed by atoms with Gasteiger partial charge in [-0.2, -0.15) is 0 Å². The number of hydrogen-bond acceptors (Lipinski definition) is 5. The summed E-state index contributed by atoms with van der Waals surface area (Å²) in [6, 6.07) is 3.53. The van der Waals surface area contributed by atoms with Crippen LogP contribution in [0.3, 0.4) is 0 Å². The Balaban J connectivity index is 1.85. The van der Waals surface area contributed by atoms with Crippen molar-refractivity contribution in [3.8, 4) is 0 Å². The Morgan fingerprint density at radius 3 is 2.65 bits per heavy atom. The number of amides is 1. The fraction of sp³-hybridized carbons (Fsp3) is 0.375. The Morgan fingerprint density at radius 1 is 1.30 bits per heavy atom. The second-order valence-corrected chi connectivity index (χ2v) is 5.75. The summed E-state index contributed by atoms with van der Waals surface area (Å²) in [5, 5.41) is 8.85. The average Bonchev–Trinajstić information content (AvgIpc) is 3.08. The second-order valence-electron chi connectivity index (χ2n) is 5.75. The predicted molar refractivity (Wildman–Crippen MR) is 79.9 cm³/mol. The van der Waals surface area contributed by atoms with Crippen molar-refractivity contribution in [1.29, 1.82) is 0 Å². The summed E-state index contributed by atoms with van der Waals surface area (Å²) in [5.74, 6) is -0.186. The highest BCUT2D eigenvalue weighted by Gasteiger charge is 2.33. The predicted octanol–water partition coefficient (Wildman–Crippen LogP) is 2.38. The molecule has 0 bridgehead atoms. The first-order valence-corrected chi connectivity index (χ1v) is 7.46. The zero-order chi connectivity index (χ0) is 16.4. The molecule has 1 N–H and O–H groups in total. The molecule has 1 fully saturated rings. The van der Waals surface area contributed by atoms with Crippen molar-refractivity contribution in [3.63, 3.8) is 0 Å². The first-order valence-electron chi connectivity index (χ1n) is 7.46. The molecule has 3 heterocycles. The number of carboxylic acids is 1. The molecule has 2 aromatic rings. The topological polar surface area (TPSA) is 96.5 Å². The fourth-order valence-electron chi connectivity index (χ4n) is 2.83. The van der Waals surface area contributed by atoms with Crippen LogP contribution in [-0.2, 0) is 0 Å². The van der Waals surface area contributed by atoms with E-state index in [4.69, 9.17) is 9.52 Å². The second kappa shape index (κ2) is 6.20. The van der Waals surface area contributed by atoms with E-state index in [0.717, 1.165) is 24.8 Å². The molecule has 2 atom stereocenters. The quantitative estimate of drug-likeness (QED) is 0.934. The number of carbonyl (C=O) groups is 2.